The van der Waals surface area contributed by atoms with E-state index in [1.54, 1.807) is 16.3 Å². The summed E-state index contributed by atoms with van der Waals surface area (Å²) in [5.74, 6) is 0.751. The Morgan fingerprint density at radius 3 is 2.64 bits per heavy atom. The molecule has 3 atom stereocenters. The summed E-state index contributed by atoms with van der Waals surface area (Å²) in [7, 11) is -1.82. The number of nitrogens with zero attached hydrogens (tertiary/aromatic N) is 2. The number of carbonyl (C=O) groups is 1. The average molecular weight is 409 g/mol. The topological polar surface area (TPSA) is 76.2 Å². The van der Waals surface area contributed by atoms with Crippen molar-refractivity contribution in [3.63, 3.8) is 0 Å². The molecule has 1 amide bonds. The van der Waals surface area contributed by atoms with Gasteiger partial charge in [0.05, 0.1) is 19.8 Å². The average Bonchev–Trinajstić information content (AvgIpc) is 3.04. The molecule has 3 fully saturated rings. The summed E-state index contributed by atoms with van der Waals surface area (Å²) in [6.45, 7) is 5.36. The molecular formula is C20H28N2O5S. The van der Waals surface area contributed by atoms with Gasteiger partial charge >= 0.3 is 0 Å². The van der Waals surface area contributed by atoms with Crippen molar-refractivity contribution in [2.24, 2.45) is 5.92 Å². The number of sulfonamides is 1. The third-order valence-corrected chi connectivity index (χ3v) is 8.50. The van der Waals surface area contributed by atoms with Crippen LogP contribution in [-0.4, -0.2) is 73.8 Å². The Balaban J connectivity index is 1.49. The van der Waals surface area contributed by atoms with E-state index in [2.05, 4.69) is 0 Å². The van der Waals surface area contributed by atoms with Crippen molar-refractivity contribution in [3.05, 3.63) is 29.8 Å². The Bertz CT molecular complexity index is 854. The van der Waals surface area contributed by atoms with Crippen molar-refractivity contribution in [2.75, 3.05) is 33.3 Å². The zero-order chi connectivity index (χ0) is 20.1. The van der Waals surface area contributed by atoms with Crippen LogP contribution in [0, 0.1) is 5.92 Å². The first-order valence-electron chi connectivity index (χ1n) is 9.84. The van der Waals surface area contributed by atoms with Crippen LogP contribution in [0.3, 0.4) is 0 Å². The molecule has 3 saturated heterocycles. The van der Waals surface area contributed by atoms with E-state index in [1.807, 2.05) is 38.1 Å². The molecule has 8 heteroatoms. The fourth-order valence-corrected chi connectivity index (χ4v) is 7.04. The van der Waals surface area contributed by atoms with Crippen LogP contribution in [0.2, 0.25) is 0 Å². The molecular weight excluding hydrogens is 380 g/mol. The molecule has 0 aliphatic carbocycles. The second-order valence-corrected chi connectivity index (χ2v) is 10.5. The van der Waals surface area contributed by atoms with E-state index in [4.69, 9.17) is 9.47 Å². The second kappa shape index (κ2) is 7.00. The van der Waals surface area contributed by atoms with Gasteiger partial charge in [-0.25, -0.2) is 8.42 Å². The molecule has 2 bridgehead atoms. The summed E-state index contributed by atoms with van der Waals surface area (Å²) < 4.78 is 39.2. The maximum absolute atomic E-state index is 13.2. The van der Waals surface area contributed by atoms with Gasteiger partial charge in [-0.2, -0.15) is 4.31 Å². The molecule has 1 spiro atoms. The van der Waals surface area contributed by atoms with Crippen LogP contribution in [0.4, 0.5) is 0 Å². The largest absolute Gasteiger partial charge is 0.497 e. The maximum Gasteiger partial charge on any atom is 0.225 e. The fourth-order valence-electron chi connectivity index (χ4n) is 4.73. The Kier molecular flexibility index (Phi) is 4.92. The van der Waals surface area contributed by atoms with Gasteiger partial charge < -0.3 is 14.4 Å². The molecule has 3 aliphatic rings. The minimum Gasteiger partial charge on any atom is -0.497 e. The monoisotopic (exact) mass is 408 g/mol. The minimum absolute atomic E-state index is 0.0717. The number of fused-ring (bicyclic) bond motifs is 1. The van der Waals surface area contributed by atoms with Crippen LogP contribution >= 0.6 is 0 Å². The molecule has 0 saturated carbocycles. The van der Waals surface area contributed by atoms with Gasteiger partial charge in [0.25, 0.3) is 0 Å². The number of likely N-dealkylation sites (tertiary alicyclic amines) is 1. The molecule has 3 heterocycles. The molecule has 1 aromatic carbocycles. The number of carbonyl (C=O) groups excluding carboxylic acids is 1. The number of benzene rings is 1. The van der Waals surface area contributed by atoms with E-state index in [1.165, 1.54) is 0 Å². The predicted octanol–water partition coefficient (Wildman–Crippen LogP) is 1.28. The second-order valence-electron chi connectivity index (χ2n) is 8.38. The Hall–Kier alpha value is -1.64. The van der Waals surface area contributed by atoms with Crippen LogP contribution in [0.1, 0.15) is 25.8 Å². The van der Waals surface area contributed by atoms with Gasteiger partial charge in [0.2, 0.25) is 15.9 Å². The highest BCUT2D eigenvalue weighted by Gasteiger charge is 2.65. The summed E-state index contributed by atoms with van der Waals surface area (Å²) in [6.07, 6.45) is 0.924. The Labute approximate surface area is 166 Å². The smallest absolute Gasteiger partial charge is 0.225 e. The molecule has 154 valence electrons. The van der Waals surface area contributed by atoms with E-state index in [9.17, 15) is 13.2 Å². The summed E-state index contributed by atoms with van der Waals surface area (Å²) in [5.41, 5.74) is 0.274. The third-order valence-electron chi connectivity index (χ3n) is 6.13. The molecule has 0 aromatic heterocycles. The van der Waals surface area contributed by atoms with Gasteiger partial charge in [0.15, 0.2) is 0 Å². The Morgan fingerprint density at radius 2 is 2.00 bits per heavy atom. The molecule has 3 aliphatic heterocycles. The molecule has 28 heavy (non-hydrogen) atoms. The quantitative estimate of drug-likeness (QED) is 0.734. The van der Waals surface area contributed by atoms with Crippen molar-refractivity contribution < 1.29 is 22.7 Å². The van der Waals surface area contributed by atoms with Crippen LogP contribution in [0.5, 0.6) is 5.75 Å². The van der Waals surface area contributed by atoms with Crippen LogP contribution in [-0.2, 0) is 26.0 Å². The number of ether oxygens (including phenoxy) is 2. The van der Waals surface area contributed by atoms with E-state index < -0.39 is 20.9 Å². The number of rotatable bonds is 5. The van der Waals surface area contributed by atoms with Gasteiger partial charge in [-0.05, 0) is 30.5 Å². The number of amides is 1. The number of hydrogen-bond donors (Lipinski definition) is 0. The fraction of sp³-hybridized carbons (Fsp3) is 0.650. The predicted molar refractivity (Wildman–Crippen MR) is 105 cm³/mol. The lowest BCUT2D eigenvalue weighted by Crippen LogP contribution is -2.57. The van der Waals surface area contributed by atoms with E-state index in [0.29, 0.717) is 39.0 Å². The van der Waals surface area contributed by atoms with Gasteiger partial charge in [0, 0.05) is 25.6 Å². The highest BCUT2D eigenvalue weighted by atomic mass is 32.2. The van der Waals surface area contributed by atoms with Crippen molar-refractivity contribution in [2.45, 2.75) is 43.6 Å². The highest BCUT2D eigenvalue weighted by Crippen LogP contribution is 2.46. The van der Waals surface area contributed by atoms with Crippen molar-refractivity contribution in [1.29, 1.82) is 0 Å². The standard InChI is InChI=1S/C20H28N2O5S/c1-14(2)19(23)21-11-17-10-18-20(12-21,27-17)13-22(28(18,24)25)9-8-15-4-6-16(26-3)7-5-15/h4-7,14,17-18H,8-13H2,1-3H3/t17-,18+,20+/m0/s1. The normalized spacial score (nSPS) is 31.2. The van der Waals surface area contributed by atoms with E-state index in [-0.39, 0.29) is 17.9 Å². The van der Waals surface area contributed by atoms with Crippen molar-refractivity contribution in [3.8, 4) is 5.75 Å². The SMILES string of the molecule is COc1ccc(CCN2C[C@]34CN(C(=O)C(C)C)C[C@H](C[C@H]3S2(=O)=O)O4)cc1. The van der Waals surface area contributed by atoms with Gasteiger partial charge in [0.1, 0.15) is 16.6 Å². The van der Waals surface area contributed by atoms with E-state index in [0.717, 1.165) is 11.3 Å². The molecule has 7 nitrogen and oxygen atoms in total. The molecule has 0 radical (unpaired) electrons. The van der Waals surface area contributed by atoms with Crippen molar-refractivity contribution in [1.82, 2.24) is 9.21 Å². The molecule has 0 unspecified atom stereocenters. The van der Waals surface area contributed by atoms with E-state index >= 15 is 0 Å². The van der Waals surface area contributed by atoms with Crippen molar-refractivity contribution >= 4 is 15.9 Å². The lowest BCUT2D eigenvalue weighted by molar-refractivity contribution is -0.153. The molecule has 4 rings (SSSR count). The molecule has 1 aromatic rings. The molecule has 0 N–H and O–H groups in total. The minimum atomic E-state index is -3.43. The summed E-state index contributed by atoms with van der Waals surface area (Å²) in [4.78, 5) is 14.3. The lowest BCUT2D eigenvalue weighted by Gasteiger charge is -2.40. The first kappa shape index (κ1) is 19.7. The number of morpholine rings is 1. The Morgan fingerprint density at radius 1 is 1.29 bits per heavy atom. The first-order valence-corrected chi connectivity index (χ1v) is 11.3. The third kappa shape index (κ3) is 3.21. The lowest BCUT2D eigenvalue weighted by atomic mass is 9.98. The number of methoxy groups -OCH3 is 1. The summed E-state index contributed by atoms with van der Waals surface area (Å²) in [6, 6.07) is 7.67. The summed E-state index contributed by atoms with van der Waals surface area (Å²) in [5, 5.41) is -0.550. The van der Waals surface area contributed by atoms with Gasteiger partial charge in [-0.3, -0.25) is 4.79 Å². The summed E-state index contributed by atoms with van der Waals surface area (Å²) >= 11 is 0. The van der Waals surface area contributed by atoms with Crippen LogP contribution in [0.25, 0.3) is 0 Å². The van der Waals surface area contributed by atoms with Crippen LogP contribution in [0.15, 0.2) is 24.3 Å². The number of hydrogen-bond acceptors (Lipinski definition) is 5. The van der Waals surface area contributed by atoms with Gasteiger partial charge in [-0.15, -0.1) is 0 Å². The van der Waals surface area contributed by atoms with Crippen LogP contribution < -0.4 is 4.74 Å². The first-order chi connectivity index (χ1) is 13.2. The highest BCUT2D eigenvalue weighted by molar-refractivity contribution is 7.90. The van der Waals surface area contributed by atoms with Gasteiger partial charge in [-0.1, -0.05) is 26.0 Å². The maximum atomic E-state index is 13.2. The zero-order valence-corrected chi connectivity index (χ0v) is 17.4. The zero-order valence-electron chi connectivity index (χ0n) is 16.6.